The van der Waals surface area contributed by atoms with Gasteiger partial charge in [-0.15, -0.1) is 0 Å². The minimum absolute atomic E-state index is 0.00577. The van der Waals surface area contributed by atoms with Crippen LogP contribution in [0.4, 0.5) is 5.82 Å². The van der Waals surface area contributed by atoms with Crippen LogP contribution in [0.1, 0.15) is 82.0 Å². The van der Waals surface area contributed by atoms with Crippen molar-refractivity contribution >= 4 is 34.6 Å². The number of hydrogen-bond donors (Lipinski definition) is 3. The van der Waals surface area contributed by atoms with Gasteiger partial charge in [0.05, 0.1) is 31.6 Å². The van der Waals surface area contributed by atoms with Gasteiger partial charge in [0.25, 0.3) is 0 Å². The van der Waals surface area contributed by atoms with Crippen molar-refractivity contribution in [2.75, 3.05) is 52.2 Å². The first-order chi connectivity index (χ1) is 24.2. The molecule has 0 radical (unpaired) electrons. The molecule has 0 aliphatic carbocycles. The van der Waals surface area contributed by atoms with Crippen LogP contribution in [0.2, 0.25) is 0 Å². The molecule has 3 heterocycles. The number of methoxy groups -OCH3 is 1. The molecule has 14 heteroatoms. The zero-order valence-corrected chi connectivity index (χ0v) is 29.4. The second kappa shape index (κ2) is 18.7. The predicted molar refractivity (Wildman–Crippen MR) is 189 cm³/mol. The number of amides is 2. The Labute approximate surface area is 293 Å². The molecule has 0 bridgehead atoms. The summed E-state index contributed by atoms with van der Waals surface area (Å²) in [5.74, 6) is -0.731. The monoisotopic (exact) mass is 690 g/mol. The van der Waals surface area contributed by atoms with E-state index in [-0.39, 0.29) is 30.1 Å². The highest BCUT2D eigenvalue weighted by molar-refractivity contribution is 5.88. The third kappa shape index (κ3) is 10.3. The van der Waals surface area contributed by atoms with E-state index in [9.17, 15) is 19.6 Å². The lowest BCUT2D eigenvalue weighted by molar-refractivity contribution is -0.144. The number of nitrogens with two attached hydrogens (primary N) is 1. The van der Waals surface area contributed by atoms with E-state index in [4.69, 9.17) is 20.3 Å². The molecule has 2 aromatic heterocycles. The smallest absolute Gasteiger partial charge is 0.320 e. The maximum atomic E-state index is 12.8. The molecular formula is C36H50N8O6. The summed E-state index contributed by atoms with van der Waals surface area (Å²) in [5.41, 5.74) is 9.13. The topological polar surface area (TPSA) is 189 Å². The maximum Gasteiger partial charge on any atom is 0.320 e. The molecule has 50 heavy (non-hydrogen) atoms. The van der Waals surface area contributed by atoms with Crippen molar-refractivity contribution < 1.29 is 29.0 Å². The van der Waals surface area contributed by atoms with Gasteiger partial charge in [-0.25, -0.2) is 0 Å². The van der Waals surface area contributed by atoms with Crippen molar-refractivity contribution in [3.05, 3.63) is 41.1 Å². The van der Waals surface area contributed by atoms with Gasteiger partial charge in [0.15, 0.2) is 5.65 Å². The minimum Gasteiger partial charge on any atom is -0.496 e. The Balaban J connectivity index is 1.25. The van der Waals surface area contributed by atoms with Gasteiger partial charge in [-0.2, -0.15) is 15.2 Å². The zero-order valence-electron chi connectivity index (χ0n) is 29.4. The molecule has 1 saturated heterocycles. The second-order valence-electron chi connectivity index (χ2n) is 12.7. The number of ether oxygens (including phenoxy) is 2. The Hall–Kier alpha value is -4.90. The van der Waals surface area contributed by atoms with Gasteiger partial charge in [-0.05, 0) is 43.4 Å². The third-order valence-corrected chi connectivity index (χ3v) is 9.08. The maximum absolute atomic E-state index is 12.8. The van der Waals surface area contributed by atoms with E-state index in [1.54, 1.807) is 24.7 Å². The number of piperazine rings is 1. The highest BCUT2D eigenvalue weighted by atomic mass is 16.5. The Morgan fingerprint density at radius 2 is 1.84 bits per heavy atom. The van der Waals surface area contributed by atoms with Gasteiger partial charge < -0.3 is 35.1 Å². The van der Waals surface area contributed by atoms with Gasteiger partial charge in [-0.1, -0.05) is 38.8 Å². The Kier molecular flexibility index (Phi) is 14.2. The van der Waals surface area contributed by atoms with E-state index in [1.807, 2.05) is 17.0 Å². The van der Waals surface area contributed by atoms with E-state index >= 15 is 0 Å². The van der Waals surface area contributed by atoms with Gasteiger partial charge in [0, 0.05) is 57.7 Å². The fourth-order valence-electron chi connectivity index (χ4n) is 6.02. The van der Waals surface area contributed by atoms with Crippen molar-refractivity contribution in [1.82, 2.24) is 29.7 Å². The number of unbranched alkanes of at least 4 members (excludes halogenated alkanes) is 3. The standard InChI is InChI=1S/C36H50N8O6/c1-4-6-18-50-36-40-33(38)29-21-28(22-37)44(34(29)41-36)24-27-12-11-25(19-30(27)49-3)23-42-14-16-43(17-15-42)32(46)10-8-7-9-13-39-31(45)20-26(5-2)35(47)48/h11-12,19,21,26H,4-10,13-18,20,23-24H2,1-3H3,(H,39,45)(H,47,48)(H2,38,40,41). The summed E-state index contributed by atoms with van der Waals surface area (Å²) in [6, 6.07) is 10.2. The average Bonchev–Trinajstić information content (AvgIpc) is 3.47. The summed E-state index contributed by atoms with van der Waals surface area (Å²) >= 11 is 0. The lowest BCUT2D eigenvalue weighted by Gasteiger charge is -2.35. The van der Waals surface area contributed by atoms with Crippen LogP contribution in [0, 0.1) is 17.2 Å². The first-order valence-electron chi connectivity index (χ1n) is 17.5. The number of rotatable bonds is 19. The number of anilines is 1. The number of carbonyl (C=O) groups is 3. The molecule has 270 valence electrons. The molecule has 1 aromatic carbocycles. The van der Waals surface area contributed by atoms with Crippen molar-refractivity contribution in [3.8, 4) is 17.8 Å². The fraction of sp³-hybridized carbons (Fsp3) is 0.556. The number of fused-ring (bicyclic) bond motifs is 1. The van der Waals surface area contributed by atoms with Gasteiger partial charge in [0.1, 0.15) is 23.3 Å². The summed E-state index contributed by atoms with van der Waals surface area (Å²) in [6.45, 7) is 8.73. The van der Waals surface area contributed by atoms with Gasteiger partial charge in [-0.3, -0.25) is 19.3 Å². The van der Waals surface area contributed by atoms with Crippen LogP contribution in [0.15, 0.2) is 24.3 Å². The van der Waals surface area contributed by atoms with Gasteiger partial charge in [0.2, 0.25) is 11.8 Å². The number of aromatic nitrogens is 3. The zero-order chi connectivity index (χ0) is 36.0. The number of hydrogen-bond acceptors (Lipinski definition) is 10. The highest BCUT2D eigenvalue weighted by Gasteiger charge is 2.22. The van der Waals surface area contributed by atoms with Crippen molar-refractivity contribution in [2.24, 2.45) is 5.92 Å². The van der Waals surface area contributed by atoms with E-state index < -0.39 is 11.9 Å². The average molecular weight is 691 g/mol. The molecule has 0 spiro atoms. The number of nitrogens with one attached hydrogen (secondary N) is 1. The van der Waals surface area contributed by atoms with Crippen LogP contribution >= 0.6 is 0 Å². The lowest BCUT2D eigenvalue weighted by atomic mass is 10.0. The van der Waals surface area contributed by atoms with Crippen molar-refractivity contribution in [1.29, 1.82) is 5.26 Å². The molecule has 14 nitrogen and oxygen atoms in total. The second-order valence-corrected chi connectivity index (χ2v) is 12.7. The number of nitrogen functional groups attached to an aromatic ring is 1. The summed E-state index contributed by atoms with van der Waals surface area (Å²) in [5, 5.41) is 22.4. The quantitative estimate of drug-likeness (QED) is 0.155. The molecule has 3 aromatic rings. The molecular weight excluding hydrogens is 640 g/mol. The lowest BCUT2D eigenvalue weighted by Crippen LogP contribution is -2.48. The highest BCUT2D eigenvalue weighted by Crippen LogP contribution is 2.29. The largest absolute Gasteiger partial charge is 0.496 e. The van der Waals surface area contributed by atoms with Crippen LogP contribution < -0.4 is 20.5 Å². The number of nitriles is 1. The third-order valence-electron chi connectivity index (χ3n) is 9.08. The SMILES string of the molecule is CCCCOc1nc(N)c2cc(C#N)n(Cc3ccc(CN4CCN(C(=O)CCCCCNC(=O)CC(CC)C(=O)O)CC4)cc3OC)c2n1. The summed E-state index contributed by atoms with van der Waals surface area (Å²) in [6.07, 6.45) is 5.04. The molecule has 4 N–H and O–H groups in total. The summed E-state index contributed by atoms with van der Waals surface area (Å²) in [7, 11) is 1.63. The molecule has 1 fully saturated rings. The van der Waals surface area contributed by atoms with Crippen LogP contribution in [0.5, 0.6) is 11.8 Å². The predicted octanol–water partition coefficient (Wildman–Crippen LogP) is 3.94. The molecule has 0 saturated carbocycles. The van der Waals surface area contributed by atoms with Crippen molar-refractivity contribution in [2.45, 2.75) is 78.3 Å². The first kappa shape index (κ1) is 37.9. The number of carbonyl (C=O) groups excluding carboxylic acids is 2. The van der Waals surface area contributed by atoms with Crippen molar-refractivity contribution in [3.63, 3.8) is 0 Å². The molecule has 1 aliphatic rings. The van der Waals surface area contributed by atoms with Crippen LogP contribution in [-0.4, -0.2) is 93.7 Å². The molecule has 2 amide bonds. The molecule has 1 atom stereocenters. The summed E-state index contributed by atoms with van der Waals surface area (Å²) in [4.78, 5) is 49.0. The van der Waals surface area contributed by atoms with Gasteiger partial charge >= 0.3 is 12.0 Å². The number of benzene rings is 1. The van der Waals surface area contributed by atoms with E-state index in [0.717, 1.165) is 56.3 Å². The van der Waals surface area contributed by atoms with E-state index in [2.05, 4.69) is 39.2 Å². The molecule has 4 rings (SSSR count). The summed E-state index contributed by atoms with van der Waals surface area (Å²) < 4.78 is 13.3. The van der Waals surface area contributed by atoms with E-state index in [0.29, 0.717) is 74.6 Å². The number of aliphatic carboxylic acids is 1. The first-order valence-corrected chi connectivity index (χ1v) is 17.5. The van der Waals surface area contributed by atoms with Crippen LogP contribution in [-0.2, 0) is 27.5 Å². The number of nitrogens with zero attached hydrogens (tertiary/aromatic N) is 6. The van der Waals surface area contributed by atoms with E-state index in [1.165, 1.54) is 0 Å². The number of carboxylic acids is 1. The van der Waals surface area contributed by atoms with Crippen LogP contribution in [0.3, 0.4) is 0 Å². The molecule has 1 unspecified atom stereocenters. The Morgan fingerprint density at radius 1 is 1.06 bits per heavy atom. The fourth-order valence-corrected chi connectivity index (χ4v) is 6.02. The number of carboxylic acid groups (broad SMARTS) is 1. The normalized spacial score (nSPS) is 13.9. The Morgan fingerprint density at radius 3 is 2.52 bits per heavy atom. The Bertz CT molecular complexity index is 1660. The molecule has 1 aliphatic heterocycles. The van der Waals surface area contributed by atoms with Crippen LogP contribution in [0.25, 0.3) is 11.0 Å². The minimum atomic E-state index is -0.947.